The van der Waals surface area contributed by atoms with E-state index in [2.05, 4.69) is 17.3 Å². The van der Waals surface area contributed by atoms with E-state index in [1.807, 2.05) is 39.0 Å². The van der Waals surface area contributed by atoms with E-state index in [1.54, 1.807) is 17.0 Å². The lowest BCUT2D eigenvalue weighted by Crippen LogP contribution is -2.54. The summed E-state index contributed by atoms with van der Waals surface area (Å²) >= 11 is 0. The van der Waals surface area contributed by atoms with Gasteiger partial charge in [-0.1, -0.05) is 25.8 Å². The molecule has 1 fully saturated rings. The number of hydrogen-bond acceptors (Lipinski definition) is 9. The predicted octanol–water partition coefficient (Wildman–Crippen LogP) is 3.47. The first-order valence-electron chi connectivity index (χ1n) is 15.1. The number of fused-ring (bicyclic) bond motifs is 1. The van der Waals surface area contributed by atoms with Crippen LogP contribution in [0.2, 0.25) is 0 Å². The molecule has 1 atom stereocenters. The molecule has 0 spiro atoms. The molecule has 0 radical (unpaired) electrons. The zero-order chi connectivity index (χ0) is 30.6. The minimum absolute atomic E-state index is 0.0861. The number of piperazine rings is 1. The number of nitrogens with one attached hydrogen (secondary N) is 1. The molecule has 232 valence electrons. The van der Waals surface area contributed by atoms with Crippen molar-refractivity contribution in [2.45, 2.75) is 71.6 Å². The summed E-state index contributed by atoms with van der Waals surface area (Å²) in [5, 5.41) is 0. The second-order valence-corrected chi connectivity index (χ2v) is 12.2. The van der Waals surface area contributed by atoms with Crippen molar-refractivity contribution >= 4 is 11.8 Å². The van der Waals surface area contributed by atoms with Gasteiger partial charge in [0.05, 0.1) is 17.8 Å². The molecule has 1 unspecified atom stereocenters. The number of benzene rings is 1. The molecule has 1 N–H and O–H groups in total. The summed E-state index contributed by atoms with van der Waals surface area (Å²) in [4.78, 5) is 51.6. The highest BCUT2D eigenvalue weighted by Gasteiger charge is 2.39. The zero-order valence-electron chi connectivity index (χ0n) is 25.5. The summed E-state index contributed by atoms with van der Waals surface area (Å²) in [5.41, 5.74) is 3.36. The molecule has 5 rings (SSSR count). The average molecular weight is 595 g/mol. The zero-order valence-corrected chi connectivity index (χ0v) is 25.5. The van der Waals surface area contributed by atoms with E-state index in [0.717, 1.165) is 42.9 Å². The Morgan fingerprint density at radius 3 is 2.51 bits per heavy atom. The van der Waals surface area contributed by atoms with Crippen molar-refractivity contribution < 1.29 is 28.3 Å². The Morgan fingerprint density at radius 1 is 1.02 bits per heavy atom. The Kier molecular flexibility index (Phi) is 9.41. The number of carbonyl (C=O) groups is 2. The minimum Gasteiger partial charge on any atom is -0.454 e. The van der Waals surface area contributed by atoms with Crippen LogP contribution >= 0.6 is 0 Å². The summed E-state index contributed by atoms with van der Waals surface area (Å²) in [7, 11) is 0. The van der Waals surface area contributed by atoms with Gasteiger partial charge in [-0.3, -0.25) is 24.8 Å². The van der Waals surface area contributed by atoms with E-state index in [9.17, 15) is 14.4 Å². The quantitative estimate of drug-likeness (QED) is 0.326. The van der Waals surface area contributed by atoms with Gasteiger partial charge >= 0.3 is 5.63 Å². The van der Waals surface area contributed by atoms with Crippen molar-refractivity contribution in [3.05, 3.63) is 69.4 Å². The number of nitrogens with zero attached hydrogens (tertiary/aromatic N) is 3. The fraction of sp³-hybridized carbons (Fsp3) is 0.531. The fourth-order valence-corrected chi connectivity index (χ4v) is 5.36. The van der Waals surface area contributed by atoms with E-state index in [1.165, 1.54) is 11.0 Å². The van der Waals surface area contributed by atoms with E-state index in [4.69, 9.17) is 18.7 Å². The smallest absolute Gasteiger partial charge is 0.348 e. The first kappa shape index (κ1) is 30.6. The number of hydroxylamine groups is 1. The molecule has 1 aromatic carbocycles. The van der Waals surface area contributed by atoms with Gasteiger partial charge in [-0.2, -0.15) is 0 Å². The molecular formula is C32H42N4O7. The number of amides is 2. The lowest BCUT2D eigenvalue weighted by atomic mass is 10.1. The number of carbonyl (C=O) groups excluding carboxylic acids is 2. The van der Waals surface area contributed by atoms with Gasteiger partial charge < -0.3 is 23.7 Å². The van der Waals surface area contributed by atoms with Crippen LogP contribution in [0.5, 0.6) is 11.5 Å². The maximum Gasteiger partial charge on any atom is 0.348 e. The average Bonchev–Trinajstić information content (AvgIpc) is 3.63. The standard InChI is InChI=1S/C32H42N4O7/c1-5-6-7-8-24-10-11-25(31(39)42-24)29(37)36-20-23(33-43-32(2,3)4)18-26(36)30(38)35-15-13-34(14-16-35)19-22-9-12-27-28(17-22)41-21-40-27/h9-12,17-18,26,33H,5-8,13-16,19-21H2,1-4H3. The Morgan fingerprint density at radius 2 is 1.79 bits per heavy atom. The summed E-state index contributed by atoms with van der Waals surface area (Å²) in [6.45, 7) is 11.3. The van der Waals surface area contributed by atoms with Gasteiger partial charge in [-0.25, -0.2) is 4.79 Å². The largest absolute Gasteiger partial charge is 0.454 e. The molecule has 3 aliphatic heterocycles. The Labute approximate surface area is 252 Å². The molecule has 0 bridgehead atoms. The first-order valence-corrected chi connectivity index (χ1v) is 15.1. The molecule has 0 aliphatic carbocycles. The van der Waals surface area contributed by atoms with Crippen molar-refractivity contribution in [3.63, 3.8) is 0 Å². The van der Waals surface area contributed by atoms with Crippen LogP contribution in [0.25, 0.3) is 0 Å². The van der Waals surface area contributed by atoms with Gasteiger partial charge in [0.2, 0.25) is 12.7 Å². The number of aryl methyl sites for hydroxylation is 1. The summed E-state index contributed by atoms with van der Waals surface area (Å²) in [6.07, 6.45) is 5.36. The number of hydrogen-bond donors (Lipinski definition) is 1. The van der Waals surface area contributed by atoms with E-state index >= 15 is 0 Å². The Bertz CT molecular complexity index is 1410. The molecule has 1 aromatic heterocycles. The third kappa shape index (κ3) is 7.58. The van der Waals surface area contributed by atoms with Crippen LogP contribution in [0.3, 0.4) is 0 Å². The molecule has 43 heavy (non-hydrogen) atoms. The SMILES string of the molecule is CCCCCc1ccc(C(=O)N2CC(NOC(C)(C)C)=CC2C(=O)N2CCN(Cc3ccc4c(c3)OCO4)CC2)c(=O)o1. The van der Waals surface area contributed by atoms with Crippen molar-refractivity contribution in [2.24, 2.45) is 0 Å². The van der Waals surface area contributed by atoms with Crippen molar-refractivity contribution in [1.82, 2.24) is 20.2 Å². The molecule has 2 aromatic rings. The fourth-order valence-electron chi connectivity index (χ4n) is 5.36. The van der Waals surface area contributed by atoms with E-state index < -0.39 is 23.2 Å². The summed E-state index contributed by atoms with van der Waals surface area (Å²) < 4.78 is 16.4. The highest BCUT2D eigenvalue weighted by atomic mass is 16.7. The van der Waals surface area contributed by atoms with Gasteiger partial charge in [-0.05, 0) is 63.1 Å². The Hall–Kier alpha value is -3.83. The monoisotopic (exact) mass is 594 g/mol. The van der Waals surface area contributed by atoms with E-state index in [-0.39, 0.29) is 24.8 Å². The predicted molar refractivity (Wildman–Crippen MR) is 160 cm³/mol. The molecule has 1 saturated heterocycles. The van der Waals surface area contributed by atoms with E-state index in [0.29, 0.717) is 44.1 Å². The van der Waals surface area contributed by atoms with Gasteiger partial charge in [0.25, 0.3) is 5.91 Å². The molecule has 11 heteroatoms. The highest BCUT2D eigenvalue weighted by molar-refractivity contribution is 5.98. The third-order valence-corrected chi connectivity index (χ3v) is 7.70. The number of rotatable bonds is 10. The molecule has 2 amide bonds. The van der Waals surface area contributed by atoms with Gasteiger partial charge in [0, 0.05) is 39.1 Å². The molecule has 3 aliphatic rings. The van der Waals surface area contributed by atoms with Crippen molar-refractivity contribution in [1.29, 1.82) is 0 Å². The lowest BCUT2D eigenvalue weighted by Gasteiger charge is -2.37. The minimum atomic E-state index is -0.873. The first-order chi connectivity index (χ1) is 20.6. The number of unbranched alkanes of at least 4 members (excludes halogenated alkanes) is 2. The second kappa shape index (κ2) is 13.2. The van der Waals surface area contributed by atoms with Crippen LogP contribution in [0, 0.1) is 0 Å². The van der Waals surface area contributed by atoms with Crippen LogP contribution < -0.4 is 20.6 Å². The topological polar surface area (TPSA) is 114 Å². The maximum absolute atomic E-state index is 13.8. The Balaban J connectivity index is 1.26. The summed E-state index contributed by atoms with van der Waals surface area (Å²) in [6, 6.07) is 8.28. The van der Waals surface area contributed by atoms with Gasteiger partial charge in [-0.15, -0.1) is 0 Å². The van der Waals surface area contributed by atoms with Gasteiger partial charge in [0.1, 0.15) is 17.4 Å². The second-order valence-electron chi connectivity index (χ2n) is 12.2. The van der Waals surface area contributed by atoms with Crippen LogP contribution in [-0.2, 0) is 22.6 Å². The third-order valence-electron chi connectivity index (χ3n) is 7.70. The van der Waals surface area contributed by atoms with Crippen molar-refractivity contribution in [2.75, 3.05) is 39.5 Å². The van der Waals surface area contributed by atoms with Crippen LogP contribution in [0.4, 0.5) is 0 Å². The van der Waals surface area contributed by atoms with Crippen molar-refractivity contribution in [3.8, 4) is 11.5 Å². The lowest BCUT2D eigenvalue weighted by molar-refractivity contribution is -0.136. The highest BCUT2D eigenvalue weighted by Crippen LogP contribution is 2.33. The maximum atomic E-state index is 13.8. The molecule has 0 saturated carbocycles. The van der Waals surface area contributed by atoms with Gasteiger partial charge in [0.15, 0.2) is 11.5 Å². The van der Waals surface area contributed by atoms with Crippen LogP contribution in [0.1, 0.15) is 68.6 Å². The molecule has 11 nitrogen and oxygen atoms in total. The normalized spacial score (nSPS) is 18.6. The number of ether oxygens (including phenoxy) is 2. The molecular weight excluding hydrogens is 552 g/mol. The van der Waals surface area contributed by atoms with Crippen LogP contribution in [-0.4, -0.2) is 77.7 Å². The summed E-state index contributed by atoms with van der Waals surface area (Å²) in [5.74, 6) is 1.33. The molecule has 4 heterocycles. The van der Waals surface area contributed by atoms with Crippen LogP contribution in [0.15, 0.2) is 51.3 Å².